The van der Waals surface area contributed by atoms with Crippen molar-refractivity contribution in [3.63, 3.8) is 0 Å². The van der Waals surface area contributed by atoms with Crippen LogP contribution in [0.1, 0.15) is 48.2 Å². The number of H-pyrrole nitrogens is 1. The summed E-state index contributed by atoms with van der Waals surface area (Å²) in [7, 11) is 0. The molecule has 0 fully saturated rings. The highest BCUT2D eigenvalue weighted by Crippen LogP contribution is 2.43. The fraction of sp³-hybridized carbons (Fsp3) is 0.167. The molecule has 0 radical (unpaired) electrons. The standard InChI is InChI=1S/C30H25ClF3NO2/c1-3-21(22-9-5-7-11-24(22)30(32,33)34)27(29-28(31)23-10-6-8-12-25(23)35-29)20-16-13-19(14-17-20)15-18-26(36)37-4-2/h5-18,35H,3-4H2,1-2H3/b18-15+,27-21+. The molecule has 0 saturated heterocycles. The van der Waals surface area contributed by atoms with Crippen LogP contribution in [0.4, 0.5) is 13.2 Å². The number of hydrogen-bond donors (Lipinski definition) is 1. The predicted molar refractivity (Wildman–Crippen MR) is 143 cm³/mol. The summed E-state index contributed by atoms with van der Waals surface area (Å²) in [5, 5.41) is 1.22. The number of carbonyl (C=O) groups is 1. The van der Waals surface area contributed by atoms with Crippen molar-refractivity contribution in [2.24, 2.45) is 0 Å². The summed E-state index contributed by atoms with van der Waals surface area (Å²) in [5.74, 6) is -0.450. The fourth-order valence-corrected chi connectivity index (χ4v) is 4.67. The molecule has 190 valence electrons. The average molecular weight is 524 g/mol. The Kier molecular flexibility index (Phi) is 7.89. The van der Waals surface area contributed by atoms with Gasteiger partial charge in [0.1, 0.15) is 0 Å². The number of aromatic amines is 1. The quantitative estimate of drug-likeness (QED) is 0.149. The van der Waals surface area contributed by atoms with E-state index in [9.17, 15) is 18.0 Å². The second-order valence-electron chi connectivity index (χ2n) is 8.32. The van der Waals surface area contributed by atoms with Gasteiger partial charge in [-0.25, -0.2) is 4.79 Å². The summed E-state index contributed by atoms with van der Waals surface area (Å²) >= 11 is 6.82. The highest BCUT2D eigenvalue weighted by molar-refractivity contribution is 6.38. The number of hydrogen-bond acceptors (Lipinski definition) is 2. The van der Waals surface area contributed by atoms with Crippen molar-refractivity contribution in [2.75, 3.05) is 6.61 Å². The van der Waals surface area contributed by atoms with Gasteiger partial charge in [0, 0.05) is 22.6 Å². The van der Waals surface area contributed by atoms with Crippen LogP contribution in [0.25, 0.3) is 28.1 Å². The second-order valence-corrected chi connectivity index (χ2v) is 8.70. The van der Waals surface area contributed by atoms with Crippen molar-refractivity contribution in [3.8, 4) is 0 Å². The summed E-state index contributed by atoms with van der Waals surface area (Å²) in [4.78, 5) is 15.0. The third kappa shape index (κ3) is 5.65. The monoisotopic (exact) mass is 523 g/mol. The Labute approximate surface area is 218 Å². The number of esters is 1. The zero-order chi connectivity index (χ0) is 26.6. The molecule has 1 N–H and O–H groups in total. The molecule has 0 aliphatic carbocycles. The van der Waals surface area contributed by atoms with E-state index in [1.54, 1.807) is 31.2 Å². The number of para-hydroxylation sites is 1. The average Bonchev–Trinajstić information content (AvgIpc) is 3.22. The number of ether oxygens (including phenoxy) is 1. The van der Waals surface area contributed by atoms with E-state index >= 15 is 0 Å². The highest BCUT2D eigenvalue weighted by Gasteiger charge is 2.34. The van der Waals surface area contributed by atoms with Gasteiger partial charge in [-0.05, 0) is 53.8 Å². The molecule has 4 aromatic rings. The number of rotatable bonds is 7. The molecule has 0 unspecified atom stereocenters. The van der Waals surface area contributed by atoms with Crippen molar-refractivity contribution in [2.45, 2.75) is 26.4 Å². The number of alkyl halides is 3. The summed E-state index contributed by atoms with van der Waals surface area (Å²) in [6.07, 6.45) is -1.23. The van der Waals surface area contributed by atoms with Crippen molar-refractivity contribution >= 4 is 45.7 Å². The lowest BCUT2D eigenvalue weighted by Gasteiger charge is -2.19. The predicted octanol–water partition coefficient (Wildman–Crippen LogP) is 8.79. The fourth-order valence-electron chi connectivity index (χ4n) is 4.36. The first kappa shape index (κ1) is 26.3. The van der Waals surface area contributed by atoms with Gasteiger partial charge in [-0.2, -0.15) is 13.2 Å². The van der Waals surface area contributed by atoms with Gasteiger partial charge in [-0.1, -0.05) is 79.2 Å². The van der Waals surface area contributed by atoms with Crippen LogP contribution in [0.3, 0.4) is 0 Å². The number of fused-ring (bicyclic) bond motifs is 1. The molecular formula is C30H25ClF3NO2. The molecule has 0 aliphatic rings. The SMILES string of the molecule is CCOC(=O)/C=C/c1ccc(/C(=C(/CC)c2ccccc2C(F)(F)F)c2[nH]c3ccccc3c2Cl)cc1. The minimum absolute atomic E-state index is 0.105. The van der Waals surface area contributed by atoms with Gasteiger partial charge in [0.2, 0.25) is 0 Å². The third-order valence-corrected chi connectivity index (χ3v) is 6.40. The lowest BCUT2D eigenvalue weighted by atomic mass is 9.88. The molecule has 1 heterocycles. The second kappa shape index (κ2) is 11.1. The minimum atomic E-state index is -4.52. The summed E-state index contributed by atoms with van der Waals surface area (Å²) in [6, 6.07) is 20.3. The van der Waals surface area contributed by atoms with Crippen LogP contribution in [0.15, 0.2) is 78.9 Å². The van der Waals surface area contributed by atoms with E-state index in [0.717, 1.165) is 22.5 Å². The molecule has 0 amide bonds. The number of benzene rings is 3. The van der Waals surface area contributed by atoms with Crippen LogP contribution in [0.2, 0.25) is 5.02 Å². The Morgan fingerprint density at radius 2 is 1.65 bits per heavy atom. The molecule has 1 aromatic heterocycles. The van der Waals surface area contributed by atoms with E-state index < -0.39 is 17.7 Å². The van der Waals surface area contributed by atoms with Gasteiger partial charge in [0.25, 0.3) is 0 Å². The lowest BCUT2D eigenvalue weighted by Crippen LogP contribution is -2.09. The maximum Gasteiger partial charge on any atom is 0.416 e. The Balaban J connectivity index is 1.95. The van der Waals surface area contributed by atoms with Crippen LogP contribution >= 0.6 is 11.6 Å². The maximum absolute atomic E-state index is 14.0. The van der Waals surface area contributed by atoms with Gasteiger partial charge >= 0.3 is 12.1 Å². The molecule has 0 spiro atoms. The van der Waals surface area contributed by atoms with Crippen LogP contribution in [0.5, 0.6) is 0 Å². The Bertz CT molecular complexity index is 1480. The van der Waals surface area contributed by atoms with E-state index in [0.29, 0.717) is 33.8 Å². The van der Waals surface area contributed by atoms with Crippen LogP contribution in [-0.4, -0.2) is 17.6 Å². The number of nitrogens with one attached hydrogen (secondary N) is 1. The summed E-state index contributed by atoms with van der Waals surface area (Å²) in [5.41, 5.74) is 3.26. The molecule has 4 rings (SSSR count). The number of allylic oxidation sites excluding steroid dienone is 1. The largest absolute Gasteiger partial charge is 0.463 e. The Morgan fingerprint density at radius 1 is 0.973 bits per heavy atom. The van der Waals surface area contributed by atoms with Gasteiger partial charge in [-0.3, -0.25) is 0 Å². The number of aromatic nitrogens is 1. The van der Waals surface area contributed by atoms with Gasteiger partial charge < -0.3 is 9.72 Å². The van der Waals surface area contributed by atoms with Crippen LogP contribution < -0.4 is 0 Å². The molecule has 3 nitrogen and oxygen atoms in total. The molecule has 7 heteroatoms. The molecule has 0 bridgehead atoms. The Morgan fingerprint density at radius 3 is 2.30 bits per heavy atom. The first-order valence-electron chi connectivity index (χ1n) is 11.9. The zero-order valence-corrected chi connectivity index (χ0v) is 21.1. The van der Waals surface area contributed by atoms with E-state index in [4.69, 9.17) is 16.3 Å². The topological polar surface area (TPSA) is 42.1 Å². The van der Waals surface area contributed by atoms with E-state index in [-0.39, 0.29) is 12.2 Å². The first-order chi connectivity index (χ1) is 17.7. The van der Waals surface area contributed by atoms with Crippen molar-refractivity contribution < 1.29 is 22.7 Å². The third-order valence-electron chi connectivity index (χ3n) is 6.00. The number of halogens is 4. The normalized spacial score (nSPS) is 12.7. The van der Waals surface area contributed by atoms with E-state index in [2.05, 4.69) is 4.98 Å². The minimum Gasteiger partial charge on any atom is -0.463 e. The number of carbonyl (C=O) groups excluding carboxylic acids is 1. The van der Waals surface area contributed by atoms with Crippen molar-refractivity contribution in [1.29, 1.82) is 0 Å². The summed E-state index contributed by atoms with van der Waals surface area (Å²) < 4.78 is 47.0. The van der Waals surface area contributed by atoms with Gasteiger partial charge in [-0.15, -0.1) is 0 Å². The van der Waals surface area contributed by atoms with Crippen LogP contribution in [-0.2, 0) is 15.7 Å². The van der Waals surface area contributed by atoms with Crippen LogP contribution in [0, 0.1) is 0 Å². The maximum atomic E-state index is 14.0. The van der Waals surface area contributed by atoms with E-state index in [1.165, 1.54) is 18.2 Å². The van der Waals surface area contributed by atoms with E-state index in [1.807, 2.05) is 43.3 Å². The van der Waals surface area contributed by atoms with Gasteiger partial charge in [0.05, 0.1) is 22.9 Å². The molecular weight excluding hydrogens is 499 g/mol. The van der Waals surface area contributed by atoms with Gasteiger partial charge in [0.15, 0.2) is 0 Å². The molecule has 37 heavy (non-hydrogen) atoms. The zero-order valence-electron chi connectivity index (χ0n) is 20.3. The molecule has 0 saturated carbocycles. The first-order valence-corrected chi connectivity index (χ1v) is 12.2. The molecule has 0 aliphatic heterocycles. The van der Waals surface area contributed by atoms with Crippen molar-refractivity contribution in [1.82, 2.24) is 4.98 Å². The lowest BCUT2D eigenvalue weighted by molar-refractivity contribution is -0.138. The smallest absolute Gasteiger partial charge is 0.416 e. The summed E-state index contributed by atoms with van der Waals surface area (Å²) in [6.45, 7) is 3.84. The highest BCUT2D eigenvalue weighted by atomic mass is 35.5. The Hall–Kier alpha value is -3.77. The molecule has 3 aromatic carbocycles. The van der Waals surface area contributed by atoms with Crippen molar-refractivity contribution in [3.05, 3.63) is 112 Å². The molecule has 0 atom stereocenters.